The van der Waals surface area contributed by atoms with Crippen molar-refractivity contribution in [1.29, 1.82) is 0 Å². The van der Waals surface area contributed by atoms with Crippen molar-refractivity contribution in [2.24, 2.45) is 23.2 Å². The number of esters is 1. The average molecular weight is 340 g/mol. The molecular weight excluding hydrogens is 312 g/mol. The second kappa shape index (κ2) is 5.96. The summed E-state index contributed by atoms with van der Waals surface area (Å²) in [5.74, 6) is 3.07. The van der Waals surface area contributed by atoms with Gasteiger partial charge in [-0.3, -0.25) is 9.59 Å². The Morgan fingerprint density at radius 2 is 1.92 bits per heavy atom. The van der Waals surface area contributed by atoms with Crippen molar-refractivity contribution in [3.63, 3.8) is 0 Å². The summed E-state index contributed by atoms with van der Waals surface area (Å²) in [5, 5.41) is 0. The van der Waals surface area contributed by atoms with Crippen LogP contribution in [-0.4, -0.2) is 11.8 Å². The van der Waals surface area contributed by atoms with E-state index in [1.54, 1.807) is 6.92 Å². The molecule has 3 nitrogen and oxygen atoms in total. The summed E-state index contributed by atoms with van der Waals surface area (Å²) in [6, 6.07) is 6.20. The summed E-state index contributed by atoms with van der Waals surface area (Å²) < 4.78 is 5.27. The topological polar surface area (TPSA) is 43.4 Å². The molecule has 3 heteroatoms. The Labute approximate surface area is 150 Å². The van der Waals surface area contributed by atoms with E-state index in [1.165, 1.54) is 37.3 Å². The third-order valence-corrected chi connectivity index (χ3v) is 7.45. The van der Waals surface area contributed by atoms with Gasteiger partial charge < -0.3 is 4.74 Å². The SMILES string of the molecule is CC(=O)Oc1ccc2c(c1)CCC1C2CCC2(C)C(C(C)=O)CCC12. The largest absolute Gasteiger partial charge is 0.427 e. The molecule has 2 fully saturated rings. The maximum absolute atomic E-state index is 12.1. The molecule has 3 aliphatic carbocycles. The molecule has 1 aromatic rings. The van der Waals surface area contributed by atoms with Gasteiger partial charge in [0.15, 0.2) is 0 Å². The molecule has 25 heavy (non-hydrogen) atoms. The van der Waals surface area contributed by atoms with Crippen LogP contribution in [-0.2, 0) is 16.0 Å². The molecule has 3 aliphatic rings. The highest BCUT2D eigenvalue weighted by molar-refractivity contribution is 5.79. The van der Waals surface area contributed by atoms with Gasteiger partial charge in [0.2, 0.25) is 0 Å². The summed E-state index contributed by atoms with van der Waals surface area (Å²) in [5.41, 5.74) is 3.02. The first-order valence-electron chi connectivity index (χ1n) is 9.72. The van der Waals surface area contributed by atoms with Gasteiger partial charge in [-0.2, -0.15) is 0 Å². The first-order valence-corrected chi connectivity index (χ1v) is 9.72. The van der Waals surface area contributed by atoms with Crippen molar-refractivity contribution in [1.82, 2.24) is 0 Å². The van der Waals surface area contributed by atoms with Crippen LogP contribution in [0.25, 0.3) is 0 Å². The fraction of sp³-hybridized carbons (Fsp3) is 0.636. The minimum absolute atomic E-state index is 0.211. The number of aryl methyl sites for hydroxylation is 1. The number of hydrogen-bond donors (Lipinski definition) is 0. The van der Waals surface area contributed by atoms with Gasteiger partial charge in [0.05, 0.1) is 0 Å². The number of benzene rings is 1. The lowest BCUT2D eigenvalue weighted by Gasteiger charge is -2.50. The summed E-state index contributed by atoms with van der Waals surface area (Å²) in [6.07, 6.45) is 6.89. The lowest BCUT2D eigenvalue weighted by atomic mass is 9.54. The van der Waals surface area contributed by atoms with Crippen molar-refractivity contribution in [2.75, 3.05) is 0 Å². The fourth-order valence-electron chi connectivity index (χ4n) is 6.46. The van der Waals surface area contributed by atoms with Crippen LogP contribution in [0.4, 0.5) is 0 Å². The highest BCUT2D eigenvalue weighted by Crippen LogP contribution is 2.63. The monoisotopic (exact) mass is 340 g/mol. The summed E-state index contributed by atoms with van der Waals surface area (Å²) in [7, 11) is 0. The van der Waals surface area contributed by atoms with E-state index in [0.717, 1.165) is 19.3 Å². The molecule has 134 valence electrons. The van der Waals surface area contributed by atoms with E-state index in [0.29, 0.717) is 29.3 Å². The number of carbonyl (C=O) groups is 2. The summed E-state index contributed by atoms with van der Waals surface area (Å²) in [6.45, 7) is 5.62. The molecule has 0 spiro atoms. The van der Waals surface area contributed by atoms with E-state index in [-0.39, 0.29) is 17.3 Å². The van der Waals surface area contributed by atoms with E-state index in [1.807, 2.05) is 6.07 Å². The van der Waals surface area contributed by atoms with Crippen LogP contribution < -0.4 is 4.74 Å². The molecular formula is C22H28O3. The van der Waals surface area contributed by atoms with E-state index >= 15 is 0 Å². The zero-order valence-corrected chi connectivity index (χ0v) is 15.5. The first kappa shape index (κ1) is 16.8. The Hall–Kier alpha value is -1.64. The number of ether oxygens (including phenoxy) is 1. The maximum atomic E-state index is 12.1. The molecule has 0 bridgehead atoms. The zero-order valence-electron chi connectivity index (χ0n) is 15.5. The normalized spacial score (nSPS) is 36.1. The van der Waals surface area contributed by atoms with Crippen LogP contribution in [0.15, 0.2) is 18.2 Å². The molecule has 0 N–H and O–H groups in total. The molecule has 0 heterocycles. The second-order valence-electron chi connectivity index (χ2n) is 8.65. The van der Waals surface area contributed by atoms with Gasteiger partial charge in [-0.1, -0.05) is 13.0 Å². The second-order valence-corrected chi connectivity index (χ2v) is 8.65. The summed E-state index contributed by atoms with van der Waals surface area (Å²) >= 11 is 0. The molecule has 0 aliphatic heterocycles. The number of fused-ring (bicyclic) bond motifs is 5. The quantitative estimate of drug-likeness (QED) is 0.580. The van der Waals surface area contributed by atoms with Gasteiger partial charge in [-0.25, -0.2) is 0 Å². The lowest BCUT2D eigenvalue weighted by Crippen LogP contribution is -2.43. The van der Waals surface area contributed by atoms with Gasteiger partial charge in [-0.05, 0) is 91.9 Å². The van der Waals surface area contributed by atoms with E-state index in [4.69, 9.17) is 4.74 Å². The van der Waals surface area contributed by atoms with Gasteiger partial charge >= 0.3 is 5.97 Å². The smallest absolute Gasteiger partial charge is 0.308 e. The molecule has 5 unspecified atom stereocenters. The van der Waals surface area contributed by atoms with Gasteiger partial charge in [0.25, 0.3) is 0 Å². The van der Waals surface area contributed by atoms with Crippen LogP contribution in [0.5, 0.6) is 5.75 Å². The van der Waals surface area contributed by atoms with Crippen LogP contribution in [0.2, 0.25) is 0 Å². The fourth-order valence-corrected chi connectivity index (χ4v) is 6.46. The van der Waals surface area contributed by atoms with E-state index in [9.17, 15) is 9.59 Å². The maximum Gasteiger partial charge on any atom is 0.308 e. The predicted octanol–water partition coefficient (Wildman–Crippen LogP) is 4.67. The van der Waals surface area contributed by atoms with Crippen LogP contribution in [0.1, 0.15) is 69.9 Å². The third kappa shape index (κ3) is 2.63. The van der Waals surface area contributed by atoms with Crippen molar-refractivity contribution in [2.45, 2.75) is 65.2 Å². The van der Waals surface area contributed by atoms with Crippen LogP contribution >= 0.6 is 0 Å². The molecule has 2 saturated carbocycles. The molecule has 4 rings (SSSR count). The Morgan fingerprint density at radius 1 is 1.12 bits per heavy atom. The van der Waals surface area contributed by atoms with Crippen molar-refractivity contribution in [3.05, 3.63) is 29.3 Å². The number of rotatable bonds is 2. The standard InChI is InChI=1S/C22H28O3/c1-13(23)20-8-9-21-19-6-4-15-12-16(25-14(2)24)5-7-17(15)18(19)10-11-22(20,21)3/h5,7,12,18-21H,4,6,8-11H2,1-3H3. The third-order valence-electron chi connectivity index (χ3n) is 7.45. The van der Waals surface area contributed by atoms with Gasteiger partial charge in [0.1, 0.15) is 11.5 Å². The van der Waals surface area contributed by atoms with Crippen molar-refractivity contribution < 1.29 is 14.3 Å². The Morgan fingerprint density at radius 3 is 2.64 bits per heavy atom. The van der Waals surface area contributed by atoms with Gasteiger partial charge in [0, 0.05) is 12.8 Å². The average Bonchev–Trinajstić information content (AvgIpc) is 2.91. The predicted molar refractivity (Wildman–Crippen MR) is 96.5 cm³/mol. The Kier molecular flexibility index (Phi) is 4.01. The first-order chi connectivity index (χ1) is 11.9. The van der Waals surface area contributed by atoms with E-state index in [2.05, 4.69) is 19.1 Å². The molecule has 0 aromatic heterocycles. The molecule has 5 atom stereocenters. The van der Waals surface area contributed by atoms with Gasteiger partial charge in [-0.15, -0.1) is 0 Å². The molecule has 1 aromatic carbocycles. The van der Waals surface area contributed by atoms with E-state index < -0.39 is 0 Å². The number of hydrogen-bond acceptors (Lipinski definition) is 3. The Bertz CT molecular complexity index is 722. The lowest BCUT2D eigenvalue weighted by molar-refractivity contribution is -0.132. The van der Waals surface area contributed by atoms with Crippen LogP contribution in [0, 0.1) is 23.2 Å². The number of Topliss-reactive ketones (excluding diaryl/α,β-unsaturated/α-hetero) is 1. The van der Waals surface area contributed by atoms with Crippen LogP contribution in [0.3, 0.4) is 0 Å². The zero-order chi connectivity index (χ0) is 17.8. The number of ketones is 1. The molecule has 0 radical (unpaired) electrons. The number of carbonyl (C=O) groups excluding carboxylic acids is 2. The highest BCUT2D eigenvalue weighted by atomic mass is 16.5. The molecule has 0 amide bonds. The minimum atomic E-state index is -0.261. The molecule has 0 saturated heterocycles. The highest BCUT2D eigenvalue weighted by Gasteiger charge is 2.55. The minimum Gasteiger partial charge on any atom is -0.427 e. The summed E-state index contributed by atoms with van der Waals surface area (Å²) in [4.78, 5) is 23.4. The van der Waals surface area contributed by atoms with Crippen molar-refractivity contribution >= 4 is 11.8 Å². The Balaban J connectivity index is 1.62. The van der Waals surface area contributed by atoms with Crippen molar-refractivity contribution in [3.8, 4) is 5.75 Å².